The molecule has 0 aliphatic carbocycles. The fourth-order valence-electron chi connectivity index (χ4n) is 1.88. The number of hydrogen-bond donors (Lipinski definition) is 1. The van der Waals surface area contributed by atoms with Crippen LogP contribution in [0.3, 0.4) is 0 Å². The first kappa shape index (κ1) is 14.4. The number of ether oxygens (including phenoxy) is 1. The second-order valence-electron chi connectivity index (χ2n) is 5.13. The van der Waals surface area contributed by atoms with Gasteiger partial charge in [-0.2, -0.15) is 0 Å². The molecule has 106 valence electrons. The summed E-state index contributed by atoms with van der Waals surface area (Å²) in [7, 11) is 0. The van der Waals surface area contributed by atoms with Crippen molar-refractivity contribution in [2.45, 2.75) is 33.1 Å². The summed E-state index contributed by atoms with van der Waals surface area (Å²) in [6.45, 7) is 7.41. The Labute approximate surface area is 121 Å². The number of anilines is 1. The molecule has 0 unspecified atom stereocenters. The molecule has 0 atom stereocenters. The Kier molecular flexibility index (Phi) is 4.99. The minimum absolute atomic E-state index is 0.537. The molecule has 0 saturated carbocycles. The summed E-state index contributed by atoms with van der Waals surface area (Å²) >= 11 is 0. The third kappa shape index (κ3) is 3.98. The van der Waals surface area contributed by atoms with E-state index in [-0.39, 0.29) is 0 Å². The van der Waals surface area contributed by atoms with Crippen molar-refractivity contribution in [3.8, 4) is 11.5 Å². The molecule has 0 saturated heterocycles. The van der Waals surface area contributed by atoms with E-state index >= 15 is 0 Å². The maximum Gasteiger partial charge on any atom is 0.132 e. The molecule has 3 nitrogen and oxygen atoms in total. The summed E-state index contributed by atoms with van der Waals surface area (Å²) < 4.78 is 5.85. The van der Waals surface area contributed by atoms with Gasteiger partial charge < -0.3 is 10.1 Å². The van der Waals surface area contributed by atoms with Gasteiger partial charge in [-0.25, -0.2) is 4.98 Å². The summed E-state index contributed by atoms with van der Waals surface area (Å²) in [5.74, 6) is 3.04. The molecule has 0 amide bonds. The molecule has 1 aromatic carbocycles. The zero-order valence-electron chi connectivity index (χ0n) is 12.4. The number of aromatic nitrogens is 1. The minimum atomic E-state index is 0.537. The Hall–Kier alpha value is -2.03. The van der Waals surface area contributed by atoms with Crippen LogP contribution in [0.25, 0.3) is 0 Å². The molecule has 0 aliphatic heterocycles. The van der Waals surface area contributed by atoms with E-state index in [1.807, 2.05) is 24.3 Å². The van der Waals surface area contributed by atoms with Crippen LogP contribution in [0, 0.1) is 0 Å². The average Bonchev–Trinajstić information content (AvgIpc) is 2.46. The minimum Gasteiger partial charge on any atom is -0.457 e. The fraction of sp³-hybridized carbons (Fsp3) is 0.353. The van der Waals surface area contributed by atoms with Crippen LogP contribution in [0.1, 0.15) is 38.7 Å². The van der Waals surface area contributed by atoms with Gasteiger partial charge in [0.2, 0.25) is 0 Å². The molecule has 0 spiro atoms. The second-order valence-corrected chi connectivity index (χ2v) is 5.13. The number of hydrogen-bond acceptors (Lipinski definition) is 3. The van der Waals surface area contributed by atoms with Crippen LogP contribution in [-0.2, 0) is 0 Å². The van der Waals surface area contributed by atoms with Crippen molar-refractivity contribution in [3.05, 3.63) is 48.2 Å². The quantitative estimate of drug-likeness (QED) is 0.817. The fourth-order valence-corrected chi connectivity index (χ4v) is 1.88. The molecular weight excluding hydrogens is 248 g/mol. The van der Waals surface area contributed by atoms with E-state index < -0.39 is 0 Å². The predicted molar refractivity (Wildman–Crippen MR) is 83.6 cm³/mol. The average molecular weight is 270 g/mol. The van der Waals surface area contributed by atoms with E-state index in [1.54, 1.807) is 6.20 Å². The van der Waals surface area contributed by atoms with Crippen molar-refractivity contribution >= 4 is 5.82 Å². The highest BCUT2D eigenvalue weighted by Gasteiger charge is 2.02. The molecule has 0 aliphatic rings. The lowest BCUT2D eigenvalue weighted by molar-refractivity contribution is 0.482. The lowest BCUT2D eigenvalue weighted by Crippen LogP contribution is -2.01. The Morgan fingerprint density at radius 3 is 2.50 bits per heavy atom. The third-order valence-electron chi connectivity index (χ3n) is 3.07. The van der Waals surface area contributed by atoms with Crippen molar-refractivity contribution < 1.29 is 4.74 Å². The summed E-state index contributed by atoms with van der Waals surface area (Å²) in [4.78, 5) is 4.26. The molecule has 2 aromatic rings. The predicted octanol–water partition coefficient (Wildman–Crippen LogP) is 4.82. The first-order valence-electron chi connectivity index (χ1n) is 7.16. The van der Waals surface area contributed by atoms with E-state index in [4.69, 9.17) is 4.74 Å². The van der Waals surface area contributed by atoms with Gasteiger partial charge in [-0.1, -0.05) is 32.9 Å². The largest absolute Gasteiger partial charge is 0.457 e. The first-order valence-corrected chi connectivity index (χ1v) is 7.16. The number of nitrogens with one attached hydrogen (secondary N) is 1. The Balaban J connectivity index is 2.05. The maximum atomic E-state index is 5.85. The Morgan fingerprint density at radius 2 is 1.85 bits per heavy atom. The van der Waals surface area contributed by atoms with Gasteiger partial charge in [0, 0.05) is 18.8 Å². The van der Waals surface area contributed by atoms with Crippen LogP contribution in [0.15, 0.2) is 42.6 Å². The number of rotatable bonds is 6. The van der Waals surface area contributed by atoms with E-state index in [0.29, 0.717) is 5.92 Å². The highest BCUT2D eigenvalue weighted by molar-refractivity contribution is 5.42. The van der Waals surface area contributed by atoms with Crippen LogP contribution in [0.4, 0.5) is 5.82 Å². The number of pyridine rings is 1. The van der Waals surface area contributed by atoms with Gasteiger partial charge in [0.1, 0.15) is 17.3 Å². The zero-order valence-corrected chi connectivity index (χ0v) is 12.4. The standard InChI is InChI=1S/C17H22N2O/c1-4-10-18-17-12-16(9-11-19-17)20-15-7-5-14(6-8-15)13(2)3/h5-9,11-13H,4,10H2,1-3H3,(H,18,19). The van der Waals surface area contributed by atoms with Gasteiger partial charge in [-0.3, -0.25) is 0 Å². The maximum absolute atomic E-state index is 5.85. The van der Waals surface area contributed by atoms with Crippen molar-refractivity contribution in [3.63, 3.8) is 0 Å². The summed E-state index contributed by atoms with van der Waals surface area (Å²) in [6, 6.07) is 12.0. The SMILES string of the molecule is CCCNc1cc(Oc2ccc(C(C)C)cc2)ccn1. The van der Waals surface area contributed by atoms with Crippen LogP contribution in [0.2, 0.25) is 0 Å². The molecule has 0 bridgehead atoms. The number of benzene rings is 1. The van der Waals surface area contributed by atoms with Crippen molar-refractivity contribution in [2.75, 3.05) is 11.9 Å². The zero-order chi connectivity index (χ0) is 14.4. The van der Waals surface area contributed by atoms with E-state index in [1.165, 1.54) is 5.56 Å². The van der Waals surface area contributed by atoms with Crippen molar-refractivity contribution in [1.29, 1.82) is 0 Å². The van der Waals surface area contributed by atoms with Crippen LogP contribution in [-0.4, -0.2) is 11.5 Å². The summed E-state index contributed by atoms with van der Waals surface area (Å²) in [6.07, 6.45) is 2.83. The highest BCUT2D eigenvalue weighted by Crippen LogP contribution is 2.24. The van der Waals surface area contributed by atoms with Crippen molar-refractivity contribution in [1.82, 2.24) is 4.98 Å². The van der Waals surface area contributed by atoms with Gasteiger partial charge in [0.05, 0.1) is 0 Å². The molecule has 20 heavy (non-hydrogen) atoms. The molecule has 0 fully saturated rings. The van der Waals surface area contributed by atoms with Crippen molar-refractivity contribution in [2.24, 2.45) is 0 Å². The lowest BCUT2D eigenvalue weighted by atomic mass is 10.0. The highest BCUT2D eigenvalue weighted by atomic mass is 16.5. The molecule has 2 rings (SSSR count). The smallest absolute Gasteiger partial charge is 0.132 e. The normalized spacial score (nSPS) is 10.6. The topological polar surface area (TPSA) is 34.1 Å². The van der Waals surface area contributed by atoms with Crippen LogP contribution >= 0.6 is 0 Å². The van der Waals surface area contributed by atoms with Gasteiger partial charge in [-0.15, -0.1) is 0 Å². The van der Waals surface area contributed by atoms with Crippen LogP contribution in [0.5, 0.6) is 11.5 Å². The molecule has 0 radical (unpaired) electrons. The first-order chi connectivity index (χ1) is 9.69. The number of nitrogens with zero attached hydrogens (tertiary/aromatic N) is 1. The van der Waals surface area contributed by atoms with Gasteiger partial charge >= 0.3 is 0 Å². The summed E-state index contributed by atoms with van der Waals surface area (Å²) in [5.41, 5.74) is 1.32. The third-order valence-corrected chi connectivity index (χ3v) is 3.07. The Morgan fingerprint density at radius 1 is 1.10 bits per heavy atom. The monoisotopic (exact) mass is 270 g/mol. The Bertz CT molecular complexity index is 535. The molecule has 1 heterocycles. The molecule has 1 aromatic heterocycles. The molecule has 3 heteroatoms. The van der Waals surface area contributed by atoms with E-state index in [2.05, 4.69) is 43.2 Å². The van der Waals surface area contributed by atoms with Gasteiger partial charge in [0.15, 0.2) is 0 Å². The van der Waals surface area contributed by atoms with Gasteiger partial charge in [-0.05, 0) is 36.1 Å². The van der Waals surface area contributed by atoms with Crippen LogP contribution < -0.4 is 10.1 Å². The molecule has 1 N–H and O–H groups in total. The summed E-state index contributed by atoms with van der Waals surface area (Å²) in [5, 5.41) is 3.25. The second kappa shape index (κ2) is 6.94. The molecular formula is C17H22N2O. The van der Waals surface area contributed by atoms with E-state index in [0.717, 1.165) is 30.3 Å². The van der Waals surface area contributed by atoms with Gasteiger partial charge in [0.25, 0.3) is 0 Å². The van der Waals surface area contributed by atoms with E-state index in [9.17, 15) is 0 Å². The lowest BCUT2D eigenvalue weighted by Gasteiger charge is -2.10.